The SMILES string of the molecule is O=C1c2c(OCc3ccccc3)cc(OCc3ccccc3)cc2OC(c2ccc(OCc3ccccc3)c(OCc3ccccc3)c2)C1O. The predicted octanol–water partition coefficient (Wildman–Crippen LogP) is 8.68. The molecule has 6 aromatic rings. The normalized spacial score (nSPS) is 15.0. The van der Waals surface area contributed by atoms with Crippen molar-refractivity contribution in [3.63, 3.8) is 0 Å². The first kappa shape index (κ1) is 32.5. The third kappa shape index (κ3) is 7.80. The number of ether oxygens (including phenoxy) is 5. The van der Waals surface area contributed by atoms with E-state index < -0.39 is 18.0 Å². The van der Waals surface area contributed by atoms with Crippen molar-refractivity contribution < 1.29 is 33.6 Å². The molecule has 0 spiro atoms. The van der Waals surface area contributed by atoms with Gasteiger partial charge in [0.15, 0.2) is 23.7 Å². The summed E-state index contributed by atoms with van der Waals surface area (Å²) >= 11 is 0. The maximum absolute atomic E-state index is 13.9. The predicted molar refractivity (Wildman–Crippen MR) is 190 cm³/mol. The Hall–Kier alpha value is -6.05. The lowest BCUT2D eigenvalue weighted by molar-refractivity contribution is 0.0207. The molecule has 50 heavy (non-hydrogen) atoms. The molecule has 7 nitrogen and oxygen atoms in total. The lowest BCUT2D eigenvalue weighted by atomic mass is 9.92. The molecule has 1 aliphatic rings. The van der Waals surface area contributed by atoms with Gasteiger partial charge in [-0.05, 0) is 39.9 Å². The molecule has 0 saturated carbocycles. The molecule has 0 fully saturated rings. The number of Topliss-reactive ketones (excluding diaryl/α,β-unsaturated/α-hetero) is 1. The number of aliphatic hydroxyl groups is 1. The Balaban J connectivity index is 1.19. The van der Waals surface area contributed by atoms with Crippen molar-refractivity contribution in [2.75, 3.05) is 0 Å². The van der Waals surface area contributed by atoms with Gasteiger partial charge in [-0.15, -0.1) is 0 Å². The van der Waals surface area contributed by atoms with Crippen molar-refractivity contribution in [1.29, 1.82) is 0 Å². The van der Waals surface area contributed by atoms with Crippen LogP contribution in [-0.2, 0) is 26.4 Å². The van der Waals surface area contributed by atoms with Gasteiger partial charge in [-0.25, -0.2) is 0 Å². The highest BCUT2D eigenvalue weighted by Crippen LogP contribution is 2.44. The lowest BCUT2D eigenvalue weighted by Crippen LogP contribution is -2.36. The molecule has 0 aliphatic carbocycles. The number of benzene rings is 6. The second kappa shape index (κ2) is 15.4. The Morgan fingerprint density at radius 3 is 1.48 bits per heavy atom. The fraction of sp³-hybridized carbons (Fsp3) is 0.140. The summed E-state index contributed by atoms with van der Waals surface area (Å²) in [6.45, 7) is 1.17. The van der Waals surface area contributed by atoms with Gasteiger partial charge in [-0.3, -0.25) is 4.79 Å². The quantitative estimate of drug-likeness (QED) is 0.132. The summed E-state index contributed by atoms with van der Waals surface area (Å²) in [6, 6.07) is 47.8. The van der Waals surface area contributed by atoms with Gasteiger partial charge >= 0.3 is 0 Å². The second-order valence-corrected chi connectivity index (χ2v) is 11.9. The Morgan fingerprint density at radius 1 is 0.500 bits per heavy atom. The Kier molecular flexibility index (Phi) is 10.0. The lowest BCUT2D eigenvalue weighted by Gasteiger charge is -2.31. The second-order valence-electron chi connectivity index (χ2n) is 11.9. The fourth-order valence-electron chi connectivity index (χ4n) is 5.72. The number of hydrogen-bond donors (Lipinski definition) is 1. The molecule has 250 valence electrons. The monoisotopic (exact) mass is 664 g/mol. The van der Waals surface area contributed by atoms with Crippen molar-refractivity contribution in [2.24, 2.45) is 0 Å². The molecule has 2 atom stereocenters. The standard InChI is InChI=1S/C43H36O7/c44-41-40-38(49-29-33-19-11-4-12-20-33)24-35(46-26-30-13-5-1-6-14-30)25-39(40)50-43(42(41)45)34-21-22-36(47-27-31-15-7-2-8-16-31)37(23-34)48-28-32-17-9-3-10-18-32/h1-25,42-43,45H,26-29H2. The smallest absolute Gasteiger partial charge is 0.202 e. The molecular weight excluding hydrogens is 628 g/mol. The van der Waals surface area contributed by atoms with Crippen LogP contribution < -0.4 is 23.7 Å². The number of aliphatic hydroxyl groups excluding tert-OH is 1. The highest BCUT2D eigenvalue weighted by Gasteiger charge is 2.40. The average Bonchev–Trinajstić information content (AvgIpc) is 3.17. The van der Waals surface area contributed by atoms with Gasteiger partial charge in [-0.2, -0.15) is 0 Å². The van der Waals surface area contributed by atoms with Crippen LogP contribution in [0, 0.1) is 0 Å². The van der Waals surface area contributed by atoms with Gasteiger partial charge in [0.25, 0.3) is 0 Å². The number of carbonyl (C=O) groups excluding carboxylic acids is 1. The summed E-state index contributed by atoms with van der Waals surface area (Å²) in [7, 11) is 0. The molecule has 1 N–H and O–H groups in total. The molecule has 6 aromatic carbocycles. The summed E-state index contributed by atoms with van der Waals surface area (Å²) in [5.74, 6) is 1.48. The summed E-state index contributed by atoms with van der Waals surface area (Å²) < 4.78 is 31.2. The zero-order chi connectivity index (χ0) is 34.1. The van der Waals surface area contributed by atoms with Crippen LogP contribution in [0.5, 0.6) is 28.7 Å². The van der Waals surface area contributed by atoms with Crippen molar-refractivity contribution in [1.82, 2.24) is 0 Å². The third-order valence-electron chi connectivity index (χ3n) is 8.35. The van der Waals surface area contributed by atoms with Crippen molar-refractivity contribution in [3.8, 4) is 28.7 Å². The maximum Gasteiger partial charge on any atom is 0.202 e. The molecule has 7 heteroatoms. The van der Waals surface area contributed by atoms with E-state index in [2.05, 4.69) is 0 Å². The molecule has 1 heterocycles. The average molecular weight is 665 g/mol. The van der Waals surface area contributed by atoms with Crippen molar-refractivity contribution >= 4 is 5.78 Å². The summed E-state index contributed by atoms with van der Waals surface area (Å²) in [5, 5.41) is 11.5. The van der Waals surface area contributed by atoms with Crippen LogP contribution in [0.3, 0.4) is 0 Å². The Bertz CT molecular complexity index is 2020. The molecule has 7 rings (SSSR count). The van der Waals surface area contributed by atoms with Gasteiger partial charge in [0.05, 0.1) is 0 Å². The zero-order valence-corrected chi connectivity index (χ0v) is 27.3. The maximum atomic E-state index is 13.9. The van der Waals surface area contributed by atoms with E-state index in [1.54, 1.807) is 30.3 Å². The zero-order valence-electron chi connectivity index (χ0n) is 27.3. The summed E-state index contributed by atoms with van der Waals surface area (Å²) in [4.78, 5) is 13.9. The van der Waals surface area contributed by atoms with E-state index in [9.17, 15) is 9.90 Å². The number of ketones is 1. The third-order valence-corrected chi connectivity index (χ3v) is 8.35. The molecule has 0 saturated heterocycles. The number of hydrogen-bond acceptors (Lipinski definition) is 7. The minimum atomic E-state index is -1.50. The van der Waals surface area contributed by atoms with E-state index in [0.717, 1.165) is 22.3 Å². The number of fused-ring (bicyclic) bond motifs is 1. The Labute approximate surface area is 291 Å². The number of carbonyl (C=O) groups is 1. The van der Waals surface area contributed by atoms with Gasteiger partial charge in [0.1, 0.15) is 49.2 Å². The van der Waals surface area contributed by atoms with Gasteiger partial charge < -0.3 is 28.8 Å². The topological polar surface area (TPSA) is 83.5 Å². The fourth-order valence-corrected chi connectivity index (χ4v) is 5.72. The summed E-state index contributed by atoms with van der Waals surface area (Å²) in [6.07, 6.45) is -2.53. The van der Waals surface area contributed by atoms with Crippen LogP contribution in [0.25, 0.3) is 0 Å². The Morgan fingerprint density at radius 2 is 0.960 bits per heavy atom. The van der Waals surface area contributed by atoms with E-state index in [4.69, 9.17) is 23.7 Å². The molecule has 0 bridgehead atoms. The van der Waals surface area contributed by atoms with Crippen LogP contribution in [0.15, 0.2) is 152 Å². The van der Waals surface area contributed by atoms with E-state index in [-0.39, 0.29) is 23.7 Å². The van der Waals surface area contributed by atoms with Gasteiger partial charge in [0.2, 0.25) is 5.78 Å². The first-order valence-corrected chi connectivity index (χ1v) is 16.5. The van der Waals surface area contributed by atoms with Crippen LogP contribution >= 0.6 is 0 Å². The van der Waals surface area contributed by atoms with Gasteiger partial charge in [0, 0.05) is 12.1 Å². The largest absolute Gasteiger partial charge is 0.489 e. The van der Waals surface area contributed by atoms with Crippen LogP contribution in [0.2, 0.25) is 0 Å². The van der Waals surface area contributed by atoms with E-state index in [0.29, 0.717) is 42.6 Å². The highest BCUT2D eigenvalue weighted by atomic mass is 16.5. The van der Waals surface area contributed by atoms with Crippen LogP contribution in [0.1, 0.15) is 44.3 Å². The van der Waals surface area contributed by atoms with E-state index in [1.807, 2.05) is 121 Å². The van der Waals surface area contributed by atoms with E-state index >= 15 is 0 Å². The molecule has 0 aromatic heterocycles. The molecular formula is C43H36O7. The van der Waals surface area contributed by atoms with Crippen molar-refractivity contribution in [3.05, 3.63) is 185 Å². The van der Waals surface area contributed by atoms with E-state index in [1.165, 1.54) is 0 Å². The van der Waals surface area contributed by atoms with Crippen LogP contribution in [0.4, 0.5) is 0 Å². The van der Waals surface area contributed by atoms with Crippen LogP contribution in [-0.4, -0.2) is 17.0 Å². The first-order chi connectivity index (χ1) is 24.6. The first-order valence-electron chi connectivity index (χ1n) is 16.5. The molecule has 2 unspecified atom stereocenters. The number of rotatable bonds is 13. The molecule has 1 aliphatic heterocycles. The highest BCUT2D eigenvalue weighted by molar-refractivity contribution is 6.05. The minimum Gasteiger partial charge on any atom is -0.489 e. The van der Waals surface area contributed by atoms with Crippen molar-refractivity contribution in [2.45, 2.75) is 38.6 Å². The molecule has 0 amide bonds. The minimum absolute atomic E-state index is 0.167. The summed E-state index contributed by atoms with van der Waals surface area (Å²) in [5.41, 5.74) is 4.62. The van der Waals surface area contributed by atoms with Gasteiger partial charge in [-0.1, -0.05) is 127 Å². The molecule has 0 radical (unpaired) electrons.